The Morgan fingerprint density at radius 2 is 2.26 bits per heavy atom. The summed E-state index contributed by atoms with van der Waals surface area (Å²) in [5, 5.41) is 9.05. The highest BCUT2D eigenvalue weighted by molar-refractivity contribution is 5.91. The van der Waals surface area contributed by atoms with Gasteiger partial charge in [-0.25, -0.2) is 9.18 Å². The molecule has 2 unspecified atom stereocenters. The summed E-state index contributed by atoms with van der Waals surface area (Å²) in [6.45, 7) is 2.15. The van der Waals surface area contributed by atoms with Gasteiger partial charge in [0.05, 0.1) is 6.10 Å². The molecule has 1 aliphatic rings. The molecule has 0 aliphatic heterocycles. The molecule has 0 spiro atoms. The van der Waals surface area contributed by atoms with E-state index in [0.717, 1.165) is 31.7 Å². The topological polar surface area (TPSA) is 46.5 Å². The Hall–Kier alpha value is -1.58. The van der Waals surface area contributed by atoms with E-state index in [9.17, 15) is 9.18 Å². The van der Waals surface area contributed by atoms with Crippen LogP contribution in [0.3, 0.4) is 0 Å². The fraction of sp³-hybridized carbons (Fsp3) is 0.533. The number of benzene rings is 1. The lowest BCUT2D eigenvalue weighted by molar-refractivity contribution is 0.0676. The number of ether oxygens (including phenoxy) is 1. The molecular formula is C15H19FO3. The minimum atomic E-state index is -1.28. The third kappa shape index (κ3) is 3.25. The fourth-order valence-electron chi connectivity index (χ4n) is 2.71. The van der Waals surface area contributed by atoms with E-state index in [1.54, 1.807) is 0 Å². The van der Waals surface area contributed by atoms with Crippen molar-refractivity contribution in [3.05, 3.63) is 29.6 Å². The van der Waals surface area contributed by atoms with E-state index in [4.69, 9.17) is 9.84 Å². The van der Waals surface area contributed by atoms with E-state index < -0.39 is 11.8 Å². The molecule has 2 atom stereocenters. The summed E-state index contributed by atoms with van der Waals surface area (Å²) < 4.78 is 19.3. The van der Waals surface area contributed by atoms with Crippen molar-refractivity contribution in [2.75, 3.05) is 0 Å². The standard InChI is InChI=1S/C15H19FO3/c1-2-10-5-3-6-11(9-10)19-13-8-4-7-12(16)14(13)15(17)18/h4,7-8,10-11H,2-3,5-6,9H2,1H3,(H,17,18). The predicted molar refractivity (Wildman–Crippen MR) is 70.0 cm³/mol. The highest BCUT2D eigenvalue weighted by atomic mass is 19.1. The number of carboxylic acids is 1. The largest absolute Gasteiger partial charge is 0.489 e. The summed E-state index contributed by atoms with van der Waals surface area (Å²) in [7, 11) is 0. The van der Waals surface area contributed by atoms with Gasteiger partial charge in [-0.1, -0.05) is 25.8 Å². The van der Waals surface area contributed by atoms with Gasteiger partial charge in [0, 0.05) is 0 Å². The van der Waals surface area contributed by atoms with Crippen LogP contribution in [0.1, 0.15) is 49.4 Å². The molecule has 0 heterocycles. The molecular weight excluding hydrogens is 247 g/mol. The number of halogens is 1. The molecule has 3 nitrogen and oxygen atoms in total. The molecule has 0 amide bonds. The third-order valence-corrected chi connectivity index (χ3v) is 3.79. The van der Waals surface area contributed by atoms with E-state index in [2.05, 4.69) is 6.92 Å². The Labute approximate surface area is 112 Å². The van der Waals surface area contributed by atoms with Gasteiger partial charge in [-0.15, -0.1) is 0 Å². The van der Waals surface area contributed by atoms with Gasteiger partial charge in [-0.3, -0.25) is 0 Å². The number of hydrogen-bond acceptors (Lipinski definition) is 2. The summed E-state index contributed by atoms with van der Waals surface area (Å²) in [5.41, 5.74) is -0.360. The van der Waals surface area contributed by atoms with Crippen molar-refractivity contribution in [3.63, 3.8) is 0 Å². The van der Waals surface area contributed by atoms with Gasteiger partial charge in [0.15, 0.2) is 0 Å². The molecule has 104 valence electrons. The Morgan fingerprint density at radius 3 is 2.95 bits per heavy atom. The first-order valence-electron chi connectivity index (χ1n) is 6.80. The molecule has 0 aromatic heterocycles. The quantitative estimate of drug-likeness (QED) is 0.899. The summed E-state index contributed by atoms with van der Waals surface area (Å²) >= 11 is 0. The number of aromatic carboxylic acids is 1. The highest BCUT2D eigenvalue weighted by Gasteiger charge is 2.25. The molecule has 0 bridgehead atoms. The molecule has 1 saturated carbocycles. The maximum absolute atomic E-state index is 13.5. The van der Waals surface area contributed by atoms with E-state index in [1.807, 2.05) is 0 Å². The maximum Gasteiger partial charge on any atom is 0.342 e. The molecule has 1 fully saturated rings. The molecule has 0 radical (unpaired) electrons. The van der Waals surface area contributed by atoms with Crippen LogP contribution >= 0.6 is 0 Å². The van der Waals surface area contributed by atoms with Crippen molar-refractivity contribution in [1.29, 1.82) is 0 Å². The van der Waals surface area contributed by atoms with Crippen molar-refractivity contribution in [2.45, 2.75) is 45.1 Å². The summed E-state index contributed by atoms with van der Waals surface area (Å²) in [6, 6.07) is 4.16. The number of carbonyl (C=O) groups is 1. The highest BCUT2D eigenvalue weighted by Crippen LogP contribution is 2.31. The van der Waals surface area contributed by atoms with Crippen LogP contribution in [0.15, 0.2) is 18.2 Å². The van der Waals surface area contributed by atoms with Crippen molar-refractivity contribution in [2.24, 2.45) is 5.92 Å². The van der Waals surface area contributed by atoms with E-state index in [0.29, 0.717) is 5.92 Å². The second kappa shape index (κ2) is 6.04. The average Bonchev–Trinajstić information content (AvgIpc) is 2.38. The summed E-state index contributed by atoms with van der Waals surface area (Å²) in [6.07, 6.45) is 5.22. The molecule has 1 aromatic rings. The lowest BCUT2D eigenvalue weighted by Gasteiger charge is -2.29. The van der Waals surface area contributed by atoms with Gasteiger partial charge in [0.2, 0.25) is 0 Å². The Morgan fingerprint density at radius 1 is 1.47 bits per heavy atom. The van der Waals surface area contributed by atoms with E-state index in [1.165, 1.54) is 18.6 Å². The van der Waals surface area contributed by atoms with Crippen molar-refractivity contribution < 1.29 is 19.0 Å². The Kier molecular flexibility index (Phi) is 4.40. The van der Waals surface area contributed by atoms with Gasteiger partial charge in [-0.2, -0.15) is 0 Å². The maximum atomic E-state index is 13.5. The number of carboxylic acid groups (broad SMARTS) is 1. The van der Waals surface area contributed by atoms with Crippen molar-refractivity contribution >= 4 is 5.97 Å². The van der Waals surface area contributed by atoms with Gasteiger partial charge in [0.25, 0.3) is 0 Å². The normalized spacial score (nSPS) is 23.1. The van der Waals surface area contributed by atoms with Crippen LogP contribution in [0.25, 0.3) is 0 Å². The Balaban J connectivity index is 2.14. The monoisotopic (exact) mass is 266 g/mol. The van der Waals surface area contributed by atoms with Crippen LogP contribution in [0, 0.1) is 11.7 Å². The first-order chi connectivity index (χ1) is 9.11. The minimum Gasteiger partial charge on any atom is -0.489 e. The van der Waals surface area contributed by atoms with Gasteiger partial charge in [-0.05, 0) is 37.3 Å². The van der Waals surface area contributed by atoms with E-state index >= 15 is 0 Å². The molecule has 1 N–H and O–H groups in total. The van der Waals surface area contributed by atoms with Crippen LogP contribution in [0.5, 0.6) is 5.75 Å². The lowest BCUT2D eigenvalue weighted by atomic mass is 9.85. The number of rotatable bonds is 4. The van der Waals surface area contributed by atoms with Crippen LogP contribution in [0.2, 0.25) is 0 Å². The SMILES string of the molecule is CCC1CCCC(Oc2cccc(F)c2C(=O)O)C1. The second-order valence-corrected chi connectivity index (χ2v) is 5.10. The van der Waals surface area contributed by atoms with Gasteiger partial charge < -0.3 is 9.84 Å². The van der Waals surface area contributed by atoms with Crippen molar-refractivity contribution in [3.8, 4) is 5.75 Å². The van der Waals surface area contributed by atoms with Crippen LogP contribution < -0.4 is 4.74 Å². The second-order valence-electron chi connectivity index (χ2n) is 5.10. The average molecular weight is 266 g/mol. The lowest BCUT2D eigenvalue weighted by Crippen LogP contribution is -2.26. The van der Waals surface area contributed by atoms with E-state index in [-0.39, 0.29) is 17.4 Å². The third-order valence-electron chi connectivity index (χ3n) is 3.79. The predicted octanol–water partition coefficient (Wildman–Crippen LogP) is 3.87. The van der Waals surface area contributed by atoms with Gasteiger partial charge in [0.1, 0.15) is 17.1 Å². The Bertz CT molecular complexity index is 459. The zero-order valence-electron chi connectivity index (χ0n) is 11.1. The zero-order valence-corrected chi connectivity index (χ0v) is 11.1. The molecule has 19 heavy (non-hydrogen) atoms. The first kappa shape index (κ1) is 13.8. The molecule has 2 rings (SSSR count). The number of hydrogen-bond donors (Lipinski definition) is 1. The molecule has 1 aliphatic carbocycles. The smallest absolute Gasteiger partial charge is 0.342 e. The first-order valence-corrected chi connectivity index (χ1v) is 6.80. The zero-order chi connectivity index (χ0) is 13.8. The molecule has 0 saturated heterocycles. The van der Waals surface area contributed by atoms with Gasteiger partial charge >= 0.3 is 5.97 Å². The fourth-order valence-corrected chi connectivity index (χ4v) is 2.71. The summed E-state index contributed by atoms with van der Waals surface area (Å²) in [5.74, 6) is -1.25. The molecule has 4 heteroatoms. The summed E-state index contributed by atoms with van der Waals surface area (Å²) in [4.78, 5) is 11.1. The van der Waals surface area contributed by atoms with Crippen LogP contribution in [-0.4, -0.2) is 17.2 Å². The molecule has 1 aromatic carbocycles. The van der Waals surface area contributed by atoms with Crippen LogP contribution in [0.4, 0.5) is 4.39 Å². The van der Waals surface area contributed by atoms with Crippen molar-refractivity contribution in [1.82, 2.24) is 0 Å². The van der Waals surface area contributed by atoms with Crippen LogP contribution in [-0.2, 0) is 0 Å². The minimum absolute atomic E-state index is 0.00130.